The highest BCUT2D eigenvalue weighted by Gasteiger charge is 2.26. The van der Waals surface area contributed by atoms with Crippen LogP contribution in [0.5, 0.6) is 0 Å². The maximum Gasteiger partial charge on any atom is 0.311 e. The summed E-state index contributed by atoms with van der Waals surface area (Å²) < 4.78 is 0. The summed E-state index contributed by atoms with van der Waals surface area (Å²) in [5.41, 5.74) is 0. The Balaban J connectivity index is 1.67. The first kappa shape index (κ1) is 16.2. The molecule has 2 N–H and O–H groups in total. The normalized spacial score (nSPS) is 21.0. The minimum atomic E-state index is -0.460. The first-order valence-corrected chi connectivity index (χ1v) is 8.16. The molecule has 6 heteroatoms. The van der Waals surface area contributed by atoms with Crippen LogP contribution in [0.3, 0.4) is 0 Å². The van der Waals surface area contributed by atoms with Crippen LogP contribution in [0.4, 0.5) is 0 Å². The number of carbonyl (C=O) groups is 2. The predicted molar refractivity (Wildman–Crippen MR) is 82.0 cm³/mol. The van der Waals surface area contributed by atoms with Crippen molar-refractivity contribution in [3.63, 3.8) is 0 Å². The second kappa shape index (κ2) is 8.34. The number of carbonyl (C=O) groups excluding carboxylic acids is 2. The van der Waals surface area contributed by atoms with E-state index < -0.39 is 5.91 Å². The van der Waals surface area contributed by atoms with Crippen molar-refractivity contribution >= 4 is 11.8 Å². The van der Waals surface area contributed by atoms with Crippen molar-refractivity contribution in [3.8, 4) is 0 Å². The van der Waals surface area contributed by atoms with Crippen LogP contribution >= 0.6 is 0 Å². The van der Waals surface area contributed by atoms with Gasteiger partial charge in [-0.1, -0.05) is 19.3 Å². The van der Waals surface area contributed by atoms with E-state index in [1.807, 2.05) is 0 Å². The second-order valence-electron chi connectivity index (χ2n) is 6.06. The number of nitrogens with zero attached hydrogens (tertiary/aromatic N) is 2. The average Bonchev–Trinajstić information content (AvgIpc) is 2.55. The fourth-order valence-electron chi connectivity index (χ4n) is 3.13. The predicted octanol–water partition coefficient (Wildman–Crippen LogP) is -0.201. The van der Waals surface area contributed by atoms with Crippen molar-refractivity contribution in [1.29, 1.82) is 0 Å². The molecule has 1 aliphatic heterocycles. The highest BCUT2D eigenvalue weighted by molar-refractivity contribution is 6.35. The Morgan fingerprint density at radius 3 is 2.52 bits per heavy atom. The van der Waals surface area contributed by atoms with Crippen LogP contribution in [0.15, 0.2) is 0 Å². The Morgan fingerprint density at radius 2 is 1.86 bits per heavy atom. The quantitative estimate of drug-likeness (QED) is 0.705. The van der Waals surface area contributed by atoms with Crippen LogP contribution in [0.25, 0.3) is 0 Å². The molecule has 1 aliphatic carbocycles. The standard InChI is InChI=1S/C15H28N4O2/c1-18(13-5-3-2-4-6-13)15(21)14(20)17-9-12-19-10-7-16-8-11-19/h13,16H,2-12H2,1H3,(H,17,20). The Hall–Kier alpha value is -1.14. The molecule has 0 aromatic carbocycles. The third-order valence-electron chi connectivity index (χ3n) is 4.56. The molecule has 0 atom stereocenters. The molecule has 1 saturated heterocycles. The van der Waals surface area contributed by atoms with Gasteiger partial charge in [-0.25, -0.2) is 0 Å². The molecule has 2 fully saturated rings. The smallest absolute Gasteiger partial charge is 0.311 e. The molecule has 0 spiro atoms. The summed E-state index contributed by atoms with van der Waals surface area (Å²) in [5, 5.41) is 6.05. The molecule has 2 amide bonds. The number of hydrogen-bond donors (Lipinski definition) is 2. The molecular weight excluding hydrogens is 268 g/mol. The van der Waals surface area contributed by atoms with Gasteiger partial charge in [0.25, 0.3) is 0 Å². The summed E-state index contributed by atoms with van der Waals surface area (Å²) in [4.78, 5) is 28.0. The lowest BCUT2D eigenvalue weighted by Gasteiger charge is -2.31. The molecule has 2 rings (SSSR count). The second-order valence-corrected chi connectivity index (χ2v) is 6.06. The Bertz CT molecular complexity index is 350. The van der Waals surface area contributed by atoms with Gasteiger partial charge in [-0.3, -0.25) is 14.5 Å². The Kier molecular flexibility index (Phi) is 6.45. The van der Waals surface area contributed by atoms with Crippen LogP contribution in [-0.2, 0) is 9.59 Å². The van der Waals surface area contributed by atoms with Crippen LogP contribution < -0.4 is 10.6 Å². The number of hydrogen-bond acceptors (Lipinski definition) is 4. The number of likely N-dealkylation sites (N-methyl/N-ethyl adjacent to an activating group) is 1. The van der Waals surface area contributed by atoms with Gasteiger partial charge in [0.15, 0.2) is 0 Å². The zero-order valence-electron chi connectivity index (χ0n) is 13.1. The fourth-order valence-corrected chi connectivity index (χ4v) is 3.13. The molecule has 21 heavy (non-hydrogen) atoms. The molecule has 6 nitrogen and oxygen atoms in total. The SMILES string of the molecule is CN(C(=O)C(=O)NCCN1CCNCC1)C1CCCCC1. The third-order valence-corrected chi connectivity index (χ3v) is 4.56. The van der Waals surface area contributed by atoms with E-state index in [-0.39, 0.29) is 11.9 Å². The molecule has 0 bridgehead atoms. The molecule has 1 heterocycles. The third kappa shape index (κ3) is 4.97. The number of piperazine rings is 1. The molecule has 0 radical (unpaired) electrons. The summed E-state index contributed by atoms with van der Waals surface area (Å²) in [6.45, 7) is 5.36. The number of amides is 2. The molecular formula is C15H28N4O2. The van der Waals surface area contributed by atoms with Gasteiger partial charge >= 0.3 is 11.8 Å². The van der Waals surface area contributed by atoms with E-state index in [1.165, 1.54) is 6.42 Å². The first-order chi connectivity index (χ1) is 10.2. The van der Waals surface area contributed by atoms with Crippen LogP contribution in [-0.4, -0.2) is 74.0 Å². The molecule has 0 aromatic heterocycles. The van der Waals surface area contributed by atoms with Gasteiger partial charge in [0.05, 0.1) is 0 Å². The average molecular weight is 296 g/mol. The minimum absolute atomic E-state index is 0.241. The molecule has 0 aromatic rings. The lowest BCUT2D eigenvalue weighted by Crippen LogP contribution is -2.49. The summed E-state index contributed by atoms with van der Waals surface area (Å²) >= 11 is 0. The Morgan fingerprint density at radius 1 is 1.19 bits per heavy atom. The van der Waals surface area contributed by atoms with Crippen LogP contribution in [0.1, 0.15) is 32.1 Å². The molecule has 0 unspecified atom stereocenters. The zero-order valence-corrected chi connectivity index (χ0v) is 13.1. The minimum Gasteiger partial charge on any atom is -0.347 e. The lowest BCUT2D eigenvalue weighted by atomic mass is 9.94. The summed E-state index contributed by atoms with van der Waals surface area (Å²) in [6.07, 6.45) is 5.61. The van der Waals surface area contributed by atoms with Crippen molar-refractivity contribution < 1.29 is 9.59 Å². The van der Waals surface area contributed by atoms with E-state index in [0.29, 0.717) is 6.54 Å². The zero-order chi connectivity index (χ0) is 15.1. The van der Waals surface area contributed by atoms with Crippen LogP contribution in [0.2, 0.25) is 0 Å². The first-order valence-electron chi connectivity index (χ1n) is 8.16. The number of rotatable bonds is 4. The van der Waals surface area contributed by atoms with E-state index in [4.69, 9.17) is 0 Å². The monoisotopic (exact) mass is 296 g/mol. The van der Waals surface area contributed by atoms with Gasteiger partial charge in [0.1, 0.15) is 0 Å². The van der Waals surface area contributed by atoms with E-state index >= 15 is 0 Å². The van der Waals surface area contributed by atoms with Crippen molar-refractivity contribution in [1.82, 2.24) is 20.4 Å². The van der Waals surface area contributed by atoms with E-state index in [2.05, 4.69) is 15.5 Å². The summed E-state index contributed by atoms with van der Waals surface area (Å²) in [6, 6.07) is 0.241. The van der Waals surface area contributed by atoms with Crippen molar-refractivity contribution in [3.05, 3.63) is 0 Å². The van der Waals surface area contributed by atoms with Gasteiger partial charge in [-0.15, -0.1) is 0 Å². The van der Waals surface area contributed by atoms with Crippen LogP contribution in [0, 0.1) is 0 Å². The van der Waals surface area contributed by atoms with E-state index in [9.17, 15) is 9.59 Å². The van der Waals surface area contributed by atoms with Crippen molar-refractivity contribution in [2.75, 3.05) is 46.3 Å². The maximum absolute atomic E-state index is 12.1. The van der Waals surface area contributed by atoms with E-state index in [1.54, 1.807) is 11.9 Å². The highest BCUT2D eigenvalue weighted by Crippen LogP contribution is 2.21. The molecule has 2 aliphatic rings. The number of nitrogens with one attached hydrogen (secondary N) is 2. The lowest BCUT2D eigenvalue weighted by molar-refractivity contribution is -0.146. The van der Waals surface area contributed by atoms with Gasteiger partial charge in [-0.05, 0) is 12.8 Å². The summed E-state index contributed by atoms with van der Waals surface area (Å²) in [7, 11) is 1.76. The van der Waals surface area contributed by atoms with Gasteiger partial charge in [0.2, 0.25) is 0 Å². The van der Waals surface area contributed by atoms with Gasteiger partial charge in [-0.2, -0.15) is 0 Å². The topological polar surface area (TPSA) is 64.7 Å². The van der Waals surface area contributed by atoms with Crippen molar-refractivity contribution in [2.24, 2.45) is 0 Å². The molecule has 1 saturated carbocycles. The highest BCUT2D eigenvalue weighted by atomic mass is 16.2. The fraction of sp³-hybridized carbons (Fsp3) is 0.867. The van der Waals surface area contributed by atoms with Gasteiger partial charge < -0.3 is 15.5 Å². The molecule has 120 valence electrons. The maximum atomic E-state index is 12.1. The summed E-state index contributed by atoms with van der Waals surface area (Å²) in [5.74, 6) is -0.847. The van der Waals surface area contributed by atoms with E-state index in [0.717, 1.165) is 58.4 Å². The van der Waals surface area contributed by atoms with Gasteiger partial charge in [0, 0.05) is 52.4 Å². The van der Waals surface area contributed by atoms with Crippen molar-refractivity contribution in [2.45, 2.75) is 38.1 Å². The Labute approximate surface area is 127 Å². The largest absolute Gasteiger partial charge is 0.347 e.